The molecule has 1 aromatic carbocycles. The van der Waals surface area contributed by atoms with Crippen LogP contribution in [0.15, 0.2) is 30.3 Å². The van der Waals surface area contributed by atoms with E-state index >= 15 is 0 Å². The van der Waals surface area contributed by atoms with Gasteiger partial charge in [0.15, 0.2) is 4.87 Å². The zero-order chi connectivity index (χ0) is 11.5. The Morgan fingerprint density at radius 1 is 1.33 bits per heavy atom. The van der Waals surface area contributed by atoms with E-state index in [1.807, 2.05) is 0 Å². The predicted molar refractivity (Wildman–Crippen MR) is 58.9 cm³/mol. The van der Waals surface area contributed by atoms with E-state index in [-0.39, 0.29) is 0 Å². The summed E-state index contributed by atoms with van der Waals surface area (Å²) in [4.78, 5) is 20.7. The first-order valence-electron chi connectivity index (χ1n) is 4.27. The summed E-state index contributed by atoms with van der Waals surface area (Å²) in [6.07, 6.45) is 0. The monoisotopic (exact) mass is 225 g/mol. The summed E-state index contributed by atoms with van der Waals surface area (Å²) >= 11 is 3.84. The number of carbonyl (C=O) groups excluding carboxylic acids is 1. The van der Waals surface area contributed by atoms with Crippen LogP contribution in [0.5, 0.6) is 0 Å². The van der Waals surface area contributed by atoms with Crippen molar-refractivity contribution in [3.63, 3.8) is 0 Å². The fourth-order valence-electron chi connectivity index (χ4n) is 0.936. The van der Waals surface area contributed by atoms with Crippen molar-refractivity contribution in [3.05, 3.63) is 35.9 Å². The minimum atomic E-state index is -1.56. The number of carboxylic acid groups (broad SMARTS) is 1. The number of nitrogens with one attached hydrogen (secondary N) is 1. The van der Waals surface area contributed by atoms with Crippen LogP contribution in [0.25, 0.3) is 0 Å². The maximum atomic E-state index is 11.5. The second kappa shape index (κ2) is 4.35. The predicted octanol–water partition coefficient (Wildman–Crippen LogP) is 1.15. The zero-order valence-electron chi connectivity index (χ0n) is 8.10. The lowest BCUT2D eigenvalue weighted by Crippen LogP contribution is -2.47. The molecule has 0 aliphatic carbocycles. The molecular formula is C10H11NO3S. The van der Waals surface area contributed by atoms with Crippen LogP contribution < -0.4 is 5.32 Å². The highest BCUT2D eigenvalue weighted by atomic mass is 32.1. The molecular weight excluding hydrogens is 214 g/mol. The van der Waals surface area contributed by atoms with Crippen LogP contribution in [0.1, 0.15) is 17.3 Å². The first-order valence-corrected chi connectivity index (χ1v) is 4.71. The molecule has 0 aliphatic heterocycles. The number of carboxylic acids is 1. The van der Waals surface area contributed by atoms with Gasteiger partial charge in [0.1, 0.15) is 0 Å². The number of benzene rings is 1. The van der Waals surface area contributed by atoms with Gasteiger partial charge >= 0.3 is 5.97 Å². The highest BCUT2D eigenvalue weighted by Crippen LogP contribution is 2.10. The van der Waals surface area contributed by atoms with E-state index < -0.39 is 16.7 Å². The zero-order valence-corrected chi connectivity index (χ0v) is 8.99. The highest BCUT2D eigenvalue weighted by molar-refractivity contribution is 7.82. The lowest BCUT2D eigenvalue weighted by Gasteiger charge is -2.19. The number of thiol groups is 1. The molecule has 0 aromatic heterocycles. The molecule has 0 saturated carbocycles. The largest absolute Gasteiger partial charge is 0.479 e. The Morgan fingerprint density at radius 3 is 2.33 bits per heavy atom. The van der Waals surface area contributed by atoms with Crippen LogP contribution in [-0.2, 0) is 4.79 Å². The van der Waals surface area contributed by atoms with Gasteiger partial charge in [-0.05, 0) is 19.1 Å². The molecule has 1 amide bonds. The van der Waals surface area contributed by atoms with Crippen LogP contribution in [0.2, 0.25) is 0 Å². The van der Waals surface area contributed by atoms with E-state index in [0.717, 1.165) is 0 Å². The summed E-state index contributed by atoms with van der Waals surface area (Å²) < 4.78 is 0. The summed E-state index contributed by atoms with van der Waals surface area (Å²) in [6.45, 7) is 1.30. The van der Waals surface area contributed by atoms with Crippen molar-refractivity contribution in [2.75, 3.05) is 0 Å². The summed E-state index contributed by atoms with van der Waals surface area (Å²) in [5.41, 5.74) is 0.402. The molecule has 1 unspecified atom stereocenters. The van der Waals surface area contributed by atoms with Crippen LogP contribution in [-0.4, -0.2) is 21.9 Å². The van der Waals surface area contributed by atoms with Crippen LogP contribution >= 0.6 is 12.6 Å². The number of hydrogen-bond acceptors (Lipinski definition) is 3. The van der Waals surface area contributed by atoms with Gasteiger partial charge in [-0.3, -0.25) is 4.79 Å². The lowest BCUT2D eigenvalue weighted by molar-refractivity contribution is -0.140. The van der Waals surface area contributed by atoms with Crippen molar-refractivity contribution in [2.45, 2.75) is 11.8 Å². The Balaban J connectivity index is 2.77. The average Bonchev–Trinajstić information content (AvgIpc) is 2.18. The molecule has 1 rings (SSSR count). The van der Waals surface area contributed by atoms with Gasteiger partial charge in [-0.25, -0.2) is 4.79 Å². The van der Waals surface area contributed by atoms with Crippen LogP contribution in [0.4, 0.5) is 0 Å². The molecule has 0 aliphatic rings. The molecule has 0 saturated heterocycles. The van der Waals surface area contributed by atoms with Gasteiger partial charge < -0.3 is 10.4 Å². The Morgan fingerprint density at radius 2 is 1.87 bits per heavy atom. The van der Waals surface area contributed by atoms with E-state index in [2.05, 4.69) is 17.9 Å². The molecule has 0 radical (unpaired) electrons. The molecule has 0 heterocycles. The third-order valence-corrected chi connectivity index (χ3v) is 2.11. The smallest absolute Gasteiger partial charge is 0.339 e. The third kappa shape index (κ3) is 2.99. The summed E-state index contributed by atoms with van der Waals surface area (Å²) in [7, 11) is 0. The van der Waals surface area contributed by atoms with Gasteiger partial charge in [-0.1, -0.05) is 18.2 Å². The maximum absolute atomic E-state index is 11.5. The van der Waals surface area contributed by atoms with E-state index in [4.69, 9.17) is 5.11 Å². The second-order valence-corrected chi connectivity index (χ2v) is 4.09. The van der Waals surface area contributed by atoms with Crippen molar-refractivity contribution in [3.8, 4) is 0 Å². The molecule has 1 aromatic rings. The quantitative estimate of drug-likeness (QED) is 0.534. The fraction of sp³-hybridized carbons (Fsp3) is 0.200. The molecule has 1 atom stereocenters. The number of rotatable bonds is 3. The standard InChI is InChI=1S/C10H11NO3S/c1-10(15,9(13)14)11-8(12)7-5-3-2-4-6-7/h2-6,15H,1H3,(H,11,12)(H,13,14). The number of amides is 1. The van der Waals surface area contributed by atoms with Crippen molar-refractivity contribution >= 4 is 24.5 Å². The Hall–Kier alpha value is -1.49. The molecule has 2 N–H and O–H groups in total. The van der Waals surface area contributed by atoms with Crippen molar-refractivity contribution < 1.29 is 14.7 Å². The molecule has 80 valence electrons. The van der Waals surface area contributed by atoms with Gasteiger partial charge in [-0.2, -0.15) is 0 Å². The van der Waals surface area contributed by atoms with Crippen molar-refractivity contribution in [1.29, 1.82) is 0 Å². The Bertz CT molecular complexity index is 376. The fourth-order valence-corrected chi connectivity index (χ4v) is 1.04. The van der Waals surface area contributed by atoms with Crippen LogP contribution in [0, 0.1) is 0 Å². The number of aliphatic carboxylic acids is 1. The number of hydrogen-bond donors (Lipinski definition) is 3. The van der Waals surface area contributed by atoms with Crippen molar-refractivity contribution in [2.24, 2.45) is 0 Å². The second-order valence-electron chi connectivity index (χ2n) is 3.20. The van der Waals surface area contributed by atoms with Gasteiger partial charge in [-0.15, -0.1) is 12.6 Å². The van der Waals surface area contributed by atoms with Gasteiger partial charge in [0.2, 0.25) is 0 Å². The minimum Gasteiger partial charge on any atom is -0.479 e. The normalized spacial score (nSPS) is 14.0. The number of carbonyl (C=O) groups is 2. The van der Waals surface area contributed by atoms with E-state index in [0.29, 0.717) is 5.56 Å². The Labute approximate surface area is 92.7 Å². The maximum Gasteiger partial charge on any atom is 0.339 e. The molecule has 0 spiro atoms. The van der Waals surface area contributed by atoms with Gasteiger partial charge in [0.25, 0.3) is 5.91 Å². The third-order valence-electron chi connectivity index (χ3n) is 1.81. The molecule has 0 fully saturated rings. The van der Waals surface area contributed by atoms with Gasteiger partial charge in [0.05, 0.1) is 0 Å². The first kappa shape index (κ1) is 11.6. The SMILES string of the molecule is CC(S)(NC(=O)c1ccccc1)C(=O)O. The van der Waals surface area contributed by atoms with Crippen molar-refractivity contribution in [1.82, 2.24) is 5.32 Å². The van der Waals surface area contributed by atoms with E-state index in [1.54, 1.807) is 30.3 Å². The molecule has 15 heavy (non-hydrogen) atoms. The molecule has 0 bridgehead atoms. The topological polar surface area (TPSA) is 66.4 Å². The lowest BCUT2D eigenvalue weighted by atomic mass is 10.2. The summed E-state index contributed by atoms with van der Waals surface area (Å²) in [5.74, 6) is -1.66. The first-order chi connectivity index (χ1) is 6.93. The molecule has 5 heteroatoms. The highest BCUT2D eigenvalue weighted by Gasteiger charge is 2.30. The summed E-state index contributed by atoms with van der Waals surface area (Å²) in [6, 6.07) is 8.37. The van der Waals surface area contributed by atoms with Crippen LogP contribution in [0.3, 0.4) is 0 Å². The van der Waals surface area contributed by atoms with E-state index in [1.165, 1.54) is 6.92 Å². The minimum absolute atomic E-state index is 0.402. The van der Waals surface area contributed by atoms with Gasteiger partial charge in [0, 0.05) is 5.56 Å². The Kier molecular flexibility index (Phi) is 3.36. The molecule has 4 nitrogen and oxygen atoms in total. The van der Waals surface area contributed by atoms with E-state index in [9.17, 15) is 9.59 Å². The summed E-state index contributed by atoms with van der Waals surface area (Å²) in [5, 5.41) is 11.0. The average molecular weight is 225 g/mol.